The number of phenols is 1. The van der Waals surface area contributed by atoms with Gasteiger partial charge in [0.25, 0.3) is 0 Å². The maximum atomic E-state index is 13.0. The van der Waals surface area contributed by atoms with Gasteiger partial charge in [-0.25, -0.2) is 0 Å². The average Bonchev–Trinajstić information content (AvgIpc) is 2.70. The van der Waals surface area contributed by atoms with Gasteiger partial charge in [0.1, 0.15) is 5.75 Å². The molecule has 1 heterocycles. The Morgan fingerprint density at radius 2 is 1.80 bits per heavy atom. The van der Waals surface area contributed by atoms with Crippen LogP contribution in [0.25, 0.3) is 0 Å². The molecule has 0 saturated carbocycles. The highest BCUT2D eigenvalue weighted by Crippen LogP contribution is 2.45. The number of allylic oxidation sites excluding steroid dienone is 1. The molecule has 1 atom stereocenters. The van der Waals surface area contributed by atoms with Crippen LogP contribution >= 0.6 is 0 Å². The van der Waals surface area contributed by atoms with Crippen molar-refractivity contribution >= 4 is 17.2 Å². The Morgan fingerprint density at radius 1 is 1.04 bits per heavy atom. The maximum Gasteiger partial charge on any atom is 0.163 e. The number of carbonyl (C=O) groups excluding carboxylic acids is 1. The first-order valence-corrected chi connectivity index (χ1v) is 8.61. The zero-order valence-electron chi connectivity index (χ0n) is 14.5. The molecule has 0 spiro atoms. The minimum absolute atomic E-state index is 0.0639. The monoisotopic (exact) mass is 334 g/mol. The molecule has 0 saturated heterocycles. The number of fused-ring (bicyclic) bond motifs is 1. The quantitative estimate of drug-likeness (QED) is 0.712. The highest BCUT2D eigenvalue weighted by atomic mass is 16.3. The minimum Gasteiger partial charge on any atom is -0.508 e. The predicted molar refractivity (Wildman–Crippen MR) is 99.6 cm³/mol. The Hall–Kier alpha value is -2.75. The van der Waals surface area contributed by atoms with E-state index in [-0.39, 0.29) is 23.0 Å². The summed E-state index contributed by atoms with van der Waals surface area (Å²) in [5.74, 6) is 0.364. The zero-order chi connectivity index (χ0) is 17.6. The number of nitrogens with one attached hydrogen (secondary N) is 2. The van der Waals surface area contributed by atoms with Crippen LogP contribution in [0.5, 0.6) is 5.75 Å². The average molecular weight is 334 g/mol. The number of rotatable bonds is 1. The Kier molecular flexibility index (Phi) is 3.57. The van der Waals surface area contributed by atoms with Crippen molar-refractivity contribution in [1.82, 2.24) is 0 Å². The van der Waals surface area contributed by atoms with E-state index in [0.29, 0.717) is 6.42 Å². The summed E-state index contributed by atoms with van der Waals surface area (Å²) in [5, 5.41) is 16.9. The van der Waals surface area contributed by atoms with E-state index in [1.807, 2.05) is 36.4 Å². The molecule has 3 N–H and O–H groups in total. The number of aromatic hydroxyl groups is 1. The number of hydrogen-bond acceptors (Lipinski definition) is 4. The predicted octanol–water partition coefficient (Wildman–Crippen LogP) is 4.61. The van der Waals surface area contributed by atoms with Gasteiger partial charge in [-0.3, -0.25) is 4.79 Å². The third-order valence-corrected chi connectivity index (χ3v) is 4.92. The minimum atomic E-state index is -0.276. The molecular formula is C21H22N2O2. The summed E-state index contributed by atoms with van der Waals surface area (Å²) in [7, 11) is 0. The molecular weight excluding hydrogens is 312 g/mol. The van der Waals surface area contributed by atoms with Gasteiger partial charge in [-0.2, -0.15) is 0 Å². The molecule has 2 aromatic carbocycles. The normalized spacial score (nSPS) is 21.5. The lowest BCUT2D eigenvalue weighted by atomic mass is 9.73. The van der Waals surface area contributed by atoms with Gasteiger partial charge in [-0.15, -0.1) is 0 Å². The number of hydrogen-bond donors (Lipinski definition) is 3. The smallest absolute Gasteiger partial charge is 0.163 e. The molecule has 4 heteroatoms. The third kappa shape index (κ3) is 2.88. The van der Waals surface area contributed by atoms with E-state index < -0.39 is 0 Å². The van der Waals surface area contributed by atoms with E-state index in [1.165, 1.54) is 0 Å². The van der Waals surface area contributed by atoms with E-state index in [9.17, 15) is 9.90 Å². The number of anilines is 2. The van der Waals surface area contributed by atoms with Crippen molar-refractivity contribution in [3.05, 3.63) is 65.4 Å². The van der Waals surface area contributed by atoms with Gasteiger partial charge < -0.3 is 15.7 Å². The van der Waals surface area contributed by atoms with Gasteiger partial charge in [-0.05, 0) is 41.7 Å². The van der Waals surface area contributed by atoms with Gasteiger partial charge in [-0.1, -0.05) is 38.1 Å². The van der Waals surface area contributed by atoms with E-state index in [4.69, 9.17) is 0 Å². The van der Waals surface area contributed by atoms with Crippen molar-refractivity contribution < 1.29 is 9.90 Å². The second-order valence-corrected chi connectivity index (χ2v) is 7.68. The van der Waals surface area contributed by atoms with Crippen LogP contribution in [-0.2, 0) is 4.79 Å². The fourth-order valence-corrected chi connectivity index (χ4v) is 3.84. The second kappa shape index (κ2) is 5.66. The number of phenolic OH excluding ortho intramolecular Hbond substituents is 1. The van der Waals surface area contributed by atoms with Crippen molar-refractivity contribution in [3.8, 4) is 5.75 Å². The van der Waals surface area contributed by atoms with E-state index >= 15 is 0 Å². The SMILES string of the molecule is CC1(C)CC(=O)C2=C(C1)Nc1ccccc1N[C@H]2c1cccc(O)c1. The lowest BCUT2D eigenvalue weighted by Crippen LogP contribution is -2.31. The van der Waals surface area contributed by atoms with Crippen LogP contribution < -0.4 is 10.6 Å². The molecule has 1 aliphatic carbocycles. The maximum absolute atomic E-state index is 13.0. The molecule has 0 aromatic heterocycles. The van der Waals surface area contributed by atoms with E-state index in [0.717, 1.165) is 34.6 Å². The van der Waals surface area contributed by atoms with Crippen LogP contribution in [0.3, 0.4) is 0 Å². The molecule has 2 aromatic rings. The van der Waals surface area contributed by atoms with Gasteiger partial charge in [0, 0.05) is 17.7 Å². The van der Waals surface area contributed by atoms with Gasteiger partial charge in [0.05, 0.1) is 17.4 Å². The number of ketones is 1. The Bertz CT molecular complexity index is 883. The Labute approximate surface area is 147 Å². The van der Waals surface area contributed by atoms with Crippen molar-refractivity contribution in [1.29, 1.82) is 0 Å². The van der Waals surface area contributed by atoms with Crippen molar-refractivity contribution in [3.63, 3.8) is 0 Å². The van der Waals surface area contributed by atoms with Crippen LogP contribution in [0, 0.1) is 5.41 Å². The molecule has 0 amide bonds. The molecule has 0 bridgehead atoms. The fraction of sp³-hybridized carbons (Fsp3) is 0.286. The summed E-state index contributed by atoms with van der Waals surface area (Å²) in [5.41, 5.74) is 4.51. The van der Waals surface area contributed by atoms with Crippen LogP contribution in [0.4, 0.5) is 11.4 Å². The fourth-order valence-electron chi connectivity index (χ4n) is 3.84. The third-order valence-electron chi connectivity index (χ3n) is 4.92. The zero-order valence-corrected chi connectivity index (χ0v) is 14.5. The first kappa shape index (κ1) is 15.8. The highest BCUT2D eigenvalue weighted by molar-refractivity contribution is 6.01. The van der Waals surface area contributed by atoms with Crippen molar-refractivity contribution in [2.45, 2.75) is 32.7 Å². The second-order valence-electron chi connectivity index (χ2n) is 7.68. The summed E-state index contributed by atoms with van der Waals surface area (Å²) in [6, 6.07) is 14.8. The topological polar surface area (TPSA) is 61.4 Å². The summed E-state index contributed by atoms with van der Waals surface area (Å²) >= 11 is 0. The molecule has 25 heavy (non-hydrogen) atoms. The molecule has 2 aliphatic rings. The molecule has 0 fully saturated rings. The number of benzene rings is 2. The van der Waals surface area contributed by atoms with Crippen LogP contribution in [0.15, 0.2) is 59.8 Å². The molecule has 4 nitrogen and oxygen atoms in total. The molecule has 4 rings (SSSR count). The van der Waals surface area contributed by atoms with Gasteiger partial charge in [0.2, 0.25) is 0 Å². The Balaban J connectivity index is 1.90. The summed E-state index contributed by atoms with van der Waals surface area (Å²) in [6.45, 7) is 4.26. The number of Topliss-reactive ketones (excluding diaryl/α,β-unsaturated/α-hetero) is 1. The first-order valence-electron chi connectivity index (χ1n) is 8.61. The molecule has 0 radical (unpaired) electrons. The van der Waals surface area contributed by atoms with Crippen molar-refractivity contribution in [2.75, 3.05) is 10.6 Å². The van der Waals surface area contributed by atoms with E-state index in [1.54, 1.807) is 12.1 Å². The molecule has 0 unspecified atom stereocenters. The van der Waals surface area contributed by atoms with Crippen LogP contribution in [0.2, 0.25) is 0 Å². The summed E-state index contributed by atoms with van der Waals surface area (Å²) in [4.78, 5) is 13.0. The number of para-hydroxylation sites is 2. The molecule has 128 valence electrons. The lowest BCUT2D eigenvalue weighted by molar-refractivity contribution is -0.118. The summed E-state index contributed by atoms with van der Waals surface area (Å²) < 4.78 is 0. The standard InChI is InChI=1S/C21H22N2O2/c1-21(2)11-17-19(18(25)12-21)20(13-6-5-7-14(24)10-13)23-16-9-4-3-8-15(16)22-17/h3-10,20,22-24H,11-12H2,1-2H3/t20-/m0/s1. The Morgan fingerprint density at radius 3 is 2.56 bits per heavy atom. The molecule has 1 aliphatic heterocycles. The lowest BCUT2D eigenvalue weighted by Gasteiger charge is -2.34. The van der Waals surface area contributed by atoms with Crippen LogP contribution in [0.1, 0.15) is 38.3 Å². The first-order chi connectivity index (χ1) is 11.9. The van der Waals surface area contributed by atoms with Crippen LogP contribution in [-0.4, -0.2) is 10.9 Å². The van der Waals surface area contributed by atoms with E-state index in [2.05, 4.69) is 24.5 Å². The number of carbonyl (C=O) groups is 1. The summed E-state index contributed by atoms with van der Waals surface area (Å²) in [6.07, 6.45) is 1.35. The van der Waals surface area contributed by atoms with Gasteiger partial charge >= 0.3 is 0 Å². The largest absolute Gasteiger partial charge is 0.508 e. The highest BCUT2D eigenvalue weighted by Gasteiger charge is 2.38. The van der Waals surface area contributed by atoms with Gasteiger partial charge in [0.15, 0.2) is 5.78 Å². The van der Waals surface area contributed by atoms with Crippen molar-refractivity contribution in [2.24, 2.45) is 5.41 Å².